The van der Waals surface area contributed by atoms with Crippen LogP contribution in [0.25, 0.3) is 10.2 Å². The van der Waals surface area contributed by atoms with E-state index in [4.69, 9.17) is 26.1 Å². The molecule has 0 atom stereocenters. The number of aromatic nitrogens is 1. The third-order valence-corrected chi connectivity index (χ3v) is 6.99. The lowest BCUT2D eigenvalue weighted by Gasteiger charge is -2.25. The molecule has 1 aromatic heterocycles. The van der Waals surface area contributed by atoms with Gasteiger partial charge in [0.2, 0.25) is 0 Å². The van der Waals surface area contributed by atoms with Crippen molar-refractivity contribution < 1.29 is 14.3 Å². The van der Waals surface area contributed by atoms with Gasteiger partial charge in [0.1, 0.15) is 0 Å². The number of fused-ring (bicyclic) bond motifs is 1. The molecule has 1 heterocycles. The average molecular weight is 490 g/mol. The Morgan fingerprint density at radius 1 is 1.00 bits per heavy atom. The Balaban J connectivity index is 2.01. The summed E-state index contributed by atoms with van der Waals surface area (Å²) >= 11 is 7.82. The molecule has 0 aliphatic rings. The second kappa shape index (κ2) is 11.7. The van der Waals surface area contributed by atoms with Crippen LogP contribution in [0.3, 0.4) is 0 Å². The fourth-order valence-corrected chi connectivity index (χ4v) is 4.81. The number of aryl methyl sites for hydroxylation is 1. The predicted octanol–water partition coefficient (Wildman–Crippen LogP) is 6.04. The number of benzene rings is 2. The Morgan fingerprint density at radius 3 is 2.36 bits per heavy atom. The maximum absolute atomic E-state index is 13.7. The van der Waals surface area contributed by atoms with Crippen molar-refractivity contribution in [1.29, 1.82) is 0 Å². The number of ether oxygens (including phenoxy) is 2. The summed E-state index contributed by atoms with van der Waals surface area (Å²) < 4.78 is 12.4. The number of nitrogens with zero attached hydrogens (tertiary/aromatic N) is 3. The first-order valence-electron chi connectivity index (χ1n) is 11.4. The Labute approximate surface area is 205 Å². The van der Waals surface area contributed by atoms with Crippen LogP contribution in [-0.2, 0) is 0 Å². The fraction of sp³-hybridized carbons (Fsp3) is 0.440. The third kappa shape index (κ3) is 5.78. The van der Waals surface area contributed by atoms with E-state index in [0.717, 1.165) is 35.4 Å². The van der Waals surface area contributed by atoms with Gasteiger partial charge in [-0.05, 0) is 69.8 Å². The van der Waals surface area contributed by atoms with Crippen LogP contribution >= 0.6 is 22.9 Å². The van der Waals surface area contributed by atoms with Gasteiger partial charge in [-0.1, -0.05) is 36.8 Å². The molecule has 6 nitrogen and oxygen atoms in total. The van der Waals surface area contributed by atoms with Crippen molar-refractivity contribution in [3.63, 3.8) is 0 Å². The van der Waals surface area contributed by atoms with Crippen LogP contribution < -0.4 is 14.4 Å². The molecule has 8 heteroatoms. The van der Waals surface area contributed by atoms with E-state index in [9.17, 15) is 4.79 Å². The highest BCUT2D eigenvalue weighted by molar-refractivity contribution is 7.22. The topological polar surface area (TPSA) is 54.9 Å². The van der Waals surface area contributed by atoms with Gasteiger partial charge in [0.25, 0.3) is 5.91 Å². The van der Waals surface area contributed by atoms with E-state index in [1.54, 1.807) is 23.1 Å². The van der Waals surface area contributed by atoms with E-state index in [2.05, 4.69) is 18.7 Å². The Hall–Kier alpha value is -2.35. The highest BCUT2D eigenvalue weighted by Gasteiger charge is 2.24. The van der Waals surface area contributed by atoms with Crippen LogP contribution in [0.1, 0.15) is 43.6 Å². The second-order valence-electron chi connectivity index (χ2n) is 7.53. The Morgan fingerprint density at radius 2 is 1.70 bits per heavy atom. The lowest BCUT2D eigenvalue weighted by molar-refractivity contribution is 0.0983. The van der Waals surface area contributed by atoms with E-state index in [1.165, 1.54) is 11.3 Å². The number of carbonyl (C=O) groups is 1. The SMILES string of the molecule is CCOc1ccc(C(=O)N(CCN(CC)CC)c2nc3c(C)c(Cl)ccc3s2)cc1OCC. The molecule has 0 spiro atoms. The van der Waals surface area contributed by atoms with Gasteiger partial charge in [-0.25, -0.2) is 4.98 Å². The quantitative estimate of drug-likeness (QED) is 0.328. The minimum Gasteiger partial charge on any atom is -0.490 e. The number of anilines is 1. The van der Waals surface area contributed by atoms with Gasteiger partial charge in [-0.15, -0.1) is 0 Å². The van der Waals surface area contributed by atoms with E-state index in [1.807, 2.05) is 32.9 Å². The third-order valence-electron chi connectivity index (χ3n) is 5.54. The summed E-state index contributed by atoms with van der Waals surface area (Å²) in [5.41, 5.74) is 2.30. The highest BCUT2D eigenvalue weighted by Crippen LogP contribution is 2.35. The molecule has 0 unspecified atom stereocenters. The molecular weight excluding hydrogens is 458 g/mol. The van der Waals surface area contributed by atoms with Crippen molar-refractivity contribution in [2.75, 3.05) is 44.3 Å². The molecular formula is C25H32ClN3O3S. The van der Waals surface area contributed by atoms with Crippen molar-refractivity contribution in [3.05, 3.63) is 46.5 Å². The number of hydrogen-bond donors (Lipinski definition) is 0. The highest BCUT2D eigenvalue weighted by atomic mass is 35.5. The molecule has 0 N–H and O–H groups in total. The number of thiazole rings is 1. The number of carbonyl (C=O) groups excluding carboxylic acids is 1. The summed E-state index contributed by atoms with van der Waals surface area (Å²) in [5, 5.41) is 1.34. The van der Waals surface area contributed by atoms with E-state index < -0.39 is 0 Å². The van der Waals surface area contributed by atoms with Gasteiger partial charge in [0.05, 0.1) is 23.4 Å². The van der Waals surface area contributed by atoms with Crippen molar-refractivity contribution in [3.8, 4) is 11.5 Å². The summed E-state index contributed by atoms with van der Waals surface area (Å²) in [5.74, 6) is 1.09. The minimum absolute atomic E-state index is 0.117. The first-order chi connectivity index (χ1) is 15.9. The molecule has 1 amide bonds. The van der Waals surface area contributed by atoms with E-state index in [-0.39, 0.29) is 5.91 Å². The van der Waals surface area contributed by atoms with Crippen molar-refractivity contribution >= 4 is 44.2 Å². The van der Waals surface area contributed by atoms with Gasteiger partial charge in [-0.2, -0.15) is 0 Å². The van der Waals surface area contributed by atoms with Crippen LogP contribution in [0.15, 0.2) is 30.3 Å². The zero-order valence-electron chi connectivity index (χ0n) is 20.0. The van der Waals surface area contributed by atoms with Crippen molar-refractivity contribution in [1.82, 2.24) is 9.88 Å². The Kier molecular flexibility index (Phi) is 8.95. The normalized spacial score (nSPS) is 11.2. The van der Waals surface area contributed by atoms with E-state index >= 15 is 0 Å². The first kappa shape index (κ1) is 25.3. The maximum atomic E-state index is 13.7. The molecule has 0 fully saturated rings. The van der Waals surface area contributed by atoms with Crippen molar-refractivity contribution in [2.24, 2.45) is 0 Å². The van der Waals surface area contributed by atoms with Crippen LogP contribution in [-0.4, -0.2) is 55.2 Å². The zero-order valence-corrected chi connectivity index (χ0v) is 21.6. The van der Waals surface area contributed by atoms with Crippen LogP contribution in [0.5, 0.6) is 11.5 Å². The molecule has 33 heavy (non-hydrogen) atoms. The molecule has 0 radical (unpaired) electrons. The van der Waals surface area contributed by atoms with Gasteiger partial charge in [0, 0.05) is 23.7 Å². The summed E-state index contributed by atoms with van der Waals surface area (Å²) in [6.45, 7) is 14.2. The van der Waals surface area contributed by atoms with Gasteiger partial charge in [0.15, 0.2) is 16.6 Å². The fourth-order valence-electron chi connectivity index (χ4n) is 3.61. The molecule has 0 saturated heterocycles. The lowest BCUT2D eigenvalue weighted by Crippen LogP contribution is -2.38. The van der Waals surface area contributed by atoms with Gasteiger partial charge >= 0.3 is 0 Å². The molecule has 0 bridgehead atoms. The maximum Gasteiger partial charge on any atom is 0.260 e. The van der Waals surface area contributed by atoms with Gasteiger partial charge < -0.3 is 14.4 Å². The molecule has 3 rings (SSSR count). The van der Waals surface area contributed by atoms with Gasteiger partial charge in [-0.3, -0.25) is 9.69 Å². The summed E-state index contributed by atoms with van der Waals surface area (Å²) in [7, 11) is 0. The van der Waals surface area contributed by atoms with Crippen LogP contribution in [0.4, 0.5) is 5.13 Å². The van der Waals surface area contributed by atoms with Crippen molar-refractivity contribution in [2.45, 2.75) is 34.6 Å². The standard InChI is InChI=1S/C25H32ClN3O3S/c1-6-28(7-2)14-15-29(25-27-23-17(5)19(26)11-13-22(23)33-25)24(30)18-10-12-20(31-8-3)21(16-18)32-9-4/h10-13,16H,6-9,14-15H2,1-5H3. The zero-order chi connectivity index (χ0) is 24.0. The monoisotopic (exact) mass is 489 g/mol. The lowest BCUT2D eigenvalue weighted by atomic mass is 10.1. The first-order valence-corrected chi connectivity index (χ1v) is 12.6. The molecule has 3 aromatic rings. The summed E-state index contributed by atoms with van der Waals surface area (Å²) in [4.78, 5) is 22.6. The van der Waals surface area contributed by atoms with E-state index in [0.29, 0.717) is 47.0 Å². The molecule has 0 aliphatic carbocycles. The molecule has 178 valence electrons. The number of halogens is 1. The molecule has 0 aliphatic heterocycles. The molecule has 2 aromatic carbocycles. The summed E-state index contributed by atoms with van der Waals surface area (Å²) in [6.07, 6.45) is 0. The second-order valence-corrected chi connectivity index (χ2v) is 8.94. The molecule has 0 saturated carbocycles. The smallest absolute Gasteiger partial charge is 0.260 e. The summed E-state index contributed by atoms with van der Waals surface area (Å²) in [6, 6.07) is 9.19. The number of rotatable bonds is 11. The Bertz CT molecular complexity index is 1100. The number of likely N-dealkylation sites (N-methyl/N-ethyl adjacent to an activating group) is 1. The number of hydrogen-bond acceptors (Lipinski definition) is 6. The largest absolute Gasteiger partial charge is 0.490 e. The number of amides is 1. The van der Waals surface area contributed by atoms with Crippen LogP contribution in [0, 0.1) is 6.92 Å². The minimum atomic E-state index is -0.117. The van der Waals surface area contributed by atoms with Crippen LogP contribution in [0.2, 0.25) is 5.02 Å². The average Bonchev–Trinajstić information content (AvgIpc) is 3.25. The predicted molar refractivity (Wildman–Crippen MR) is 138 cm³/mol.